The van der Waals surface area contributed by atoms with Crippen molar-refractivity contribution in [2.75, 3.05) is 26.7 Å². The first kappa shape index (κ1) is 13.8. The summed E-state index contributed by atoms with van der Waals surface area (Å²) in [5.41, 5.74) is 0.860. The standard InChI is InChI=1S/C14H21N3O2/c1-10(11-5-3-4-6-13(11)18)17-8-7-16-9-12(17)14(19)15-2/h3-6,10,12,16,18H,7-9H2,1-2H3,(H,15,19). The highest BCUT2D eigenvalue weighted by molar-refractivity contribution is 5.82. The molecule has 0 aliphatic carbocycles. The topological polar surface area (TPSA) is 64.6 Å². The fourth-order valence-corrected chi connectivity index (χ4v) is 2.61. The third-order valence-corrected chi connectivity index (χ3v) is 3.72. The number of carbonyl (C=O) groups is 1. The van der Waals surface area contributed by atoms with Crippen LogP contribution in [-0.4, -0.2) is 48.6 Å². The maximum atomic E-state index is 11.9. The van der Waals surface area contributed by atoms with Crippen molar-refractivity contribution < 1.29 is 9.90 Å². The molecular formula is C14H21N3O2. The number of carbonyl (C=O) groups excluding carboxylic acids is 1. The van der Waals surface area contributed by atoms with Gasteiger partial charge >= 0.3 is 0 Å². The van der Waals surface area contributed by atoms with Crippen LogP contribution in [0.15, 0.2) is 24.3 Å². The molecule has 2 atom stereocenters. The summed E-state index contributed by atoms with van der Waals surface area (Å²) in [7, 11) is 1.65. The molecule has 1 aromatic rings. The molecule has 0 bridgehead atoms. The number of para-hydroxylation sites is 1. The molecule has 1 aliphatic rings. The van der Waals surface area contributed by atoms with Gasteiger partial charge in [-0.2, -0.15) is 0 Å². The van der Waals surface area contributed by atoms with Crippen LogP contribution in [0.4, 0.5) is 0 Å². The average Bonchev–Trinajstić information content (AvgIpc) is 2.46. The first-order chi connectivity index (χ1) is 9.15. The molecule has 2 unspecified atom stereocenters. The molecule has 5 heteroatoms. The van der Waals surface area contributed by atoms with Crippen molar-refractivity contribution >= 4 is 5.91 Å². The molecule has 104 valence electrons. The van der Waals surface area contributed by atoms with Crippen molar-refractivity contribution in [1.29, 1.82) is 0 Å². The first-order valence-corrected chi connectivity index (χ1v) is 6.61. The van der Waals surface area contributed by atoms with Gasteiger partial charge in [-0.15, -0.1) is 0 Å². The molecule has 1 saturated heterocycles. The van der Waals surface area contributed by atoms with Gasteiger partial charge in [0, 0.05) is 38.3 Å². The highest BCUT2D eigenvalue weighted by atomic mass is 16.3. The minimum absolute atomic E-state index is 0.00519. The molecule has 1 amide bonds. The van der Waals surface area contributed by atoms with Crippen LogP contribution in [0.3, 0.4) is 0 Å². The number of hydrogen-bond donors (Lipinski definition) is 3. The SMILES string of the molecule is CNC(=O)C1CNCCN1C(C)c1ccccc1O. The van der Waals surface area contributed by atoms with Crippen molar-refractivity contribution in [2.45, 2.75) is 19.0 Å². The van der Waals surface area contributed by atoms with Crippen molar-refractivity contribution in [3.63, 3.8) is 0 Å². The Kier molecular flexibility index (Phi) is 4.39. The summed E-state index contributed by atoms with van der Waals surface area (Å²) in [5.74, 6) is 0.290. The van der Waals surface area contributed by atoms with Gasteiger partial charge in [-0.25, -0.2) is 0 Å². The van der Waals surface area contributed by atoms with Crippen LogP contribution in [0, 0.1) is 0 Å². The van der Waals surface area contributed by atoms with Gasteiger partial charge in [0.1, 0.15) is 11.8 Å². The maximum absolute atomic E-state index is 11.9. The van der Waals surface area contributed by atoms with E-state index in [1.807, 2.05) is 19.1 Å². The van der Waals surface area contributed by atoms with Gasteiger partial charge in [-0.1, -0.05) is 18.2 Å². The minimum Gasteiger partial charge on any atom is -0.508 e. The zero-order chi connectivity index (χ0) is 13.8. The smallest absolute Gasteiger partial charge is 0.238 e. The molecule has 0 spiro atoms. The molecule has 0 aromatic heterocycles. The first-order valence-electron chi connectivity index (χ1n) is 6.61. The van der Waals surface area contributed by atoms with Gasteiger partial charge in [0.25, 0.3) is 0 Å². The Hall–Kier alpha value is -1.59. The molecule has 5 nitrogen and oxygen atoms in total. The number of nitrogens with one attached hydrogen (secondary N) is 2. The fraction of sp³-hybridized carbons (Fsp3) is 0.500. The van der Waals surface area contributed by atoms with Crippen LogP contribution in [-0.2, 0) is 4.79 Å². The molecule has 1 aromatic carbocycles. The van der Waals surface area contributed by atoms with Crippen LogP contribution in [0.5, 0.6) is 5.75 Å². The number of hydrogen-bond acceptors (Lipinski definition) is 4. The molecule has 19 heavy (non-hydrogen) atoms. The lowest BCUT2D eigenvalue weighted by atomic mass is 10.0. The molecule has 2 rings (SSSR count). The Morgan fingerprint density at radius 1 is 1.53 bits per heavy atom. The van der Waals surface area contributed by atoms with E-state index in [2.05, 4.69) is 15.5 Å². The lowest BCUT2D eigenvalue weighted by molar-refractivity contribution is -0.127. The summed E-state index contributed by atoms with van der Waals surface area (Å²) >= 11 is 0. The van der Waals surface area contributed by atoms with Crippen LogP contribution >= 0.6 is 0 Å². The molecular weight excluding hydrogens is 242 g/mol. The van der Waals surface area contributed by atoms with Crippen molar-refractivity contribution in [3.8, 4) is 5.75 Å². The quantitative estimate of drug-likeness (QED) is 0.742. The normalized spacial score (nSPS) is 21.9. The predicted molar refractivity (Wildman–Crippen MR) is 74.0 cm³/mol. The predicted octanol–water partition coefficient (Wildman–Crippen LogP) is 0.473. The van der Waals surface area contributed by atoms with E-state index in [4.69, 9.17) is 0 Å². The molecule has 0 saturated carbocycles. The van der Waals surface area contributed by atoms with Crippen LogP contribution in [0.25, 0.3) is 0 Å². The largest absolute Gasteiger partial charge is 0.508 e. The lowest BCUT2D eigenvalue weighted by Crippen LogP contribution is -2.57. The third kappa shape index (κ3) is 2.88. The monoisotopic (exact) mass is 263 g/mol. The summed E-state index contributed by atoms with van der Waals surface area (Å²) in [6.45, 7) is 4.30. The van der Waals surface area contributed by atoms with E-state index in [9.17, 15) is 9.90 Å². The summed E-state index contributed by atoms with van der Waals surface area (Å²) < 4.78 is 0. The number of benzene rings is 1. The second-order valence-electron chi connectivity index (χ2n) is 4.81. The van der Waals surface area contributed by atoms with Crippen LogP contribution < -0.4 is 10.6 Å². The van der Waals surface area contributed by atoms with Crippen molar-refractivity contribution in [1.82, 2.24) is 15.5 Å². The Morgan fingerprint density at radius 2 is 2.26 bits per heavy atom. The number of phenolic OH excluding ortho intramolecular Hbond substituents is 1. The van der Waals surface area contributed by atoms with Gasteiger partial charge in [-0.3, -0.25) is 9.69 Å². The van der Waals surface area contributed by atoms with Crippen LogP contribution in [0.2, 0.25) is 0 Å². The Morgan fingerprint density at radius 3 is 2.95 bits per heavy atom. The second-order valence-corrected chi connectivity index (χ2v) is 4.81. The third-order valence-electron chi connectivity index (χ3n) is 3.72. The van der Waals surface area contributed by atoms with Gasteiger partial charge in [-0.05, 0) is 13.0 Å². The van der Waals surface area contributed by atoms with Crippen molar-refractivity contribution in [3.05, 3.63) is 29.8 Å². The van der Waals surface area contributed by atoms with E-state index >= 15 is 0 Å². The van der Waals surface area contributed by atoms with E-state index in [-0.39, 0.29) is 23.7 Å². The Labute approximate surface area is 113 Å². The zero-order valence-corrected chi connectivity index (χ0v) is 11.4. The number of amides is 1. The number of aromatic hydroxyl groups is 1. The van der Waals surface area contributed by atoms with E-state index in [0.717, 1.165) is 18.7 Å². The number of likely N-dealkylation sites (N-methyl/N-ethyl adjacent to an activating group) is 1. The van der Waals surface area contributed by atoms with E-state index < -0.39 is 0 Å². The van der Waals surface area contributed by atoms with Gasteiger partial charge in [0.05, 0.1) is 0 Å². The number of piperazine rings is 1. The summed E-state index contributed by atoms with van der Waals surface area (Å²) in [6, 6.07) is 7.10. The number of rotatable bonds is 3. The Bertz CT molecular complexity index is 450. The van der Waals surface area contributed by atoms with E-state index in [1.165, 1.54) is 0 Å². The van der Waals surface area contributed by atoms with Crippen molar-refractivity contribution in [2.24, 2.45) is 0 Å². The van der Waals surface area contributed by atoms with Gasteiger partial charge < -0.3 is 15.7 Å². The number of nitrogens with zero attached hydrogens (tertiary/aromatic N) is 1. The summed E-state index contributed by atoms with van der Waals surface area (Å²) in [6.07, 6.45) is 0. The van der Waals surface area contributed by atoms with E-state index in [0.29, 0.717) is 6.54 Å². The lowest BCUT2D eigenvalue weighted by Gasteiger charge is -2.39. The highest BCUT2D eigenvalue weighted by Gasteiger charge is 2.32. The Balaban J connectivity index is 2.22. The molecule has 3 N–H and O–H groups in total. The zero-order valence-electron chi connectivity index (χ0n) is 11.4. The van der Waals surface area contributed by atoms with Gasteiger partial charge in [0.15, 0.2) is 0 Å². The summed E-state index contributed by atoms with van der Waals surface area (Å²) in [4.78, 5) is 14.1. The molecule has 1 fully saturated rings. The van der Waals surface area contributed by atoms with Gasteiger partial charge in [0.2, 0.25) is 5.91 Å². The number of phenols is 1. The van der Waals surface area contributed by atoms with E-state index in [1.54, 1.807) is 19.2 Å². The highest BCUT2D eigenvalue weighted by Crippen LogP contribution is 2.29. The minimum atomic E-state index is -0.201. The molecule has 1 aliphatic heterocycles. The second kappa shape index (κ2) is 6.04. The van der Waals surface area contributed by atoms with Crippen LogP contribution in [0.1, 0.15) is 18.5 Å². The maximum Gasteiger partial charge on any atom is 0.238 e. The molecule has 0 radical (unpaired) electrons. The average molecular weight is 263 g/mol. The molecule has 1 heterocycles. The summed E-state index contributed by atoms with van der Waals surface area (Å²) in [5, 5.41) is 15.9. The fourth-order valence-electron chi connectivity index (χ4n) is 2.61.